The highest BCUT2D eigenvalue weighted by Gasteiger charge is 2.34. The number of aliphatic hydroxyl groups is 1. The Morgan fingerprint density at radius 3 is 2.74 bits per heavy atom. The number of pyridine rings is 1. The van der Waals surface area contributed by atoms with Crippen LogP contribution in [0.3, 0.4) is 0 Å². The number of rotatable bonds is 5. The number of fused-ring (bicyclic) bond motifs is 1. The quantitative estimate of drug-likeness (QED) is 0.487. The highest BCUT2D eigenvalue weighted by atomic mass is 19.3. The Hall–Kier alpha value is -3.20. The number of aryl methyl sites for hydroxylation is 1. The molecule has 1 aliphatic rings. The Bertz CT molecular complexity index is 1090. The summed E-state index contributed by atoms with van der Waals surface area (Å²) in [6.45, 7) is 2.42. The SMILES string of the molecule is Cc1cc(NC(=O)Nc2c[nH]c3ccc(CCO)cc23)cnc1N1CCC(F)(F)CC1. The van der Waals surface area contributed by atoms with Crippen molar-refractivity contribution in [2.45, 2.75) is 32.1 Å². The van der Waals surface area contributed by atoms with Crippen molar-refractivity contribution < 1.29 is 18.7 Å². The molecule has 0 bridgehead atoms. The lowest BCUT2D eigenvalue weighted by atomic mass is 10.1. The predicted octanol–water partition coefficient (Wildman–Crippen LogP) is 4.29. The summed E-state index contributed by atoms with van der Waals surface area (Å²) in [6, 6.07) is 7.13. The monoisotopic (exact) mass is 429 g/mol. The van der Waals surface area contributed by atoms with Crippen LogP contribution in [0.25, 0.3) is 10.9 Å². The number of alkyl halides is 2. The zero-order chi connectivity index (χ0) is 22.0. The van der Waals surface area contributed by atoms with Gasteiger partial charge in [-0.1, -0.05) is 6.07 Å². The Morgan fingerprint density at radius 1 is 1.26 bits per heavy atom. The molecule has 4 rings (SSSR count). The maximum atomic E-state index is 13.4. The second-order valence-corrected chi connectivity index (χ2v) is 7.84. The van der Waals surface area contributed by atoms with E-state index >= 15 is 0 Å². The number of carbonyl (C=O) groups is 1. The van der Waals surface area contributed by atoms with Crippen LogP contribution in [0.1, 0.15) is 24.0 Å². The maximum Gasteiger partial charge on any atom is 0.323 e. The molecule has 2 aromatic heterocycles. The Balaban J connectivity index is 1.43. The summed E-state index contributed by atoms with van der Waals surface area (Å²) in [5, 5.41) is 15.6. The fraction of sp³-hybridized carbons (Fsp3) is 0.364. The number of H-pyrrole nitrogens is 1. The maximum absolute atomic E-state index is 13.4. The normalized spacial score (nSPS) is 15.8. The molecule has 7 nitrogen and oxygen atoms in total. The summed E-state index contributed by atoms with van der Waals surface area (Å²) >= 11 is 0. The van der Waals surface area contributed by atoms with E-state index in [1.165, 1.54) is 6.20 Å². The van der Waals surface area contributed by atoms with Crippen LogP contribution in [0.4, 0.5) is 30.8 Å². The molecular formula is C22H25F2N5O2. The second kappa shape index (κ2) is 8.50. The molecule has 0 spiro atoms. The molecule has 0 unspecified atom stereocenters. The van der Waals surface area contributed by atoms with E-state index in [9.17, 15) is 13.6 Å². The molecule has 0 saturated carbocycles. The van der Waals surface area contributed by atoms with Gasteiger partial charge in [-0.25, -0.2) is 18.6 Å². The largest absolute Gasteiger partial charge is 0.396 e. The summed E-state index contributed by atoms with van der Waals surface area (Å²) in [7, 11) is 0. The summed E-state index contributed by atoms with van der Waals surface area (Å²) in [5.41, 5.74) is 3.81. The molecule has 4 N–H and O–H groups in total. The molecule has 1 fully saturated rings. The Kier molecular flexibility index (Phi) is 5.77. The molecule has 1 saturated heterocycles. The van der Waals surface area contributed by atoms with Crippen molar-refractivity contribution in [1.82, 2.24) is 9.97 Å². The number of halogens is 2. The van der Waals surface area contributed by atoms with Crippen LogP contribution in [0.5, 0.6) is 0 Å². The minimum atomic E-state index is -2.61. The van der Waals surface area contributed by atoms with Gasteiger partial charge < -0.3 is 25.6 Å². The molecule has 2 amide bonds. The minimum absolute atomic E-state index is 0.0569. The van der Waals surface area contributed by atoms with E-state index in [1.807, 2.05) is 30.0 Å². The first-order valence-electron chi connectivity index (χ1n) is 10.2. The fourth-order valence-electron chi connectivity index (χ4n) is 3.85. The second-order valence-electron chi connectivity index (χ2n) is 7.84. The van der Waals surface area contributed by atoms with Gasteiger partial charge in [-0.15, -0.1) is 0 Å². The Labute approximate surface area is 178 Å². The van der Waals surface area contributed by atoms with Gasteiger partial charge >= 0.3 is 6.03 Å². The molecular weight excluding hydrogens is 404 g/mol. The molecule has 1 aliphatic heterocycles. The van der Waals surface area contributed by atoms with Crippen LogP contribution >= 0.6 is 0 Å². The average molecular weight is 429 g/mol. The number of carbonyl (C=O) groups excluding carboxylic acids is 1. The van der Waals surface area contributed by atoms with Gasteiger partial charge in [0.25, 0.3) is 5.92 Å². The highest BCUT2D eigenvalue weighted by molar-refractivity contribution is 6.06. The molecule has 0 atom stereocenters. The highest BCUT2D eigenvalue weighted by Crippen LogP contribution is 2.31. The number of aromatic nitrogens is 2. The van der Waals surface area contributed by atoms with Gasteiger partial charge in [0.05, 0.1) is 17.6 Å². The van der Waals surface area contributed by atoms with E-state index in [0.717, 1.165) is 22.0 Å². The van der Waals surface area contributed by atoms with Gasteiger partial charge in [0, 0.05) is 49.6 Å². The molecule has 1 aromatic carbocycles. The standard InChI is InChI=1S/C22H25F2N5O2/c1-14-10-16(12-26-20(14)29-7-5-22(23,24)6-8-29)27-21(31)28-19-13-25-18-3-2-15(4-9-30)11-17(18)19/h2-3,10-13,25,30H,4-9H2,1H3,(H2,27,28,31). The zero-order valence-electron chi connectivity index (χ0n) is 17.2. The lowest BCUT2D eigenvalue weighted by molar-refractivity contribution is -0.0221. The van der Waals surface area contributed by atoms with E-state index in [1.54, 1.807) is 12.3 Å². The van der Waals surface area contributed by atoms with E-state index in [-0.39, 0.29) is 32.5 Å². The van der Waals surface area contributed by atoms with E-state index in [2.05, 4.69) is 20.6 Å². The minimum Gasteiger partial charge on any atom is -0.396 e. The number of urea groups is 1. The van der Waals surface area contributed by atoms with Crippen LogP contribution in [0.15, 0.2) is 36.7 Å². The third-order valence-electron chi connectivity index (χ3n) is 5.50. The first-order chi connectivity index (χ1) is 14.8. The molecule has 0 radical (unpaired) electrons. The smallest absolute Gasteiger partial charge is 0.323 e. The number of benzene rings is 1. The van der Waals surface area contributed by atoms with E-state index in [4.69, 9.17) is 5.11 Å². The number of amides is 2. The van der Waals surface area contributed by atoms with Crippen molar-refractivity contribution in [2.75, 3.05) is 35.2 Å². The number of aromatic amines is 1. The number of piperidine rings is 1. The number of nitrogens with one attached hydrogen (secondary N) is 3. The fourth-order valence-corrected chi connectivity index (χ4v) is 3.85. The first kappa shape index (κ1) is 21.0. The lowest BCUT2D eigenvalue weighted by Gasteiger charge is -2.33. The van der Waals surface area contributed by atoms with Gasteiger partial charge in [0.2, 0.25) is 0 Å². The van der Waals surface area contributed by atoms with E-state index in [0.29, 0.717) is 23.6 Å². The van der Waals surface area contributed by atoms with Crippen molar-refractivity contribution in [1.29, 1.82) is 0 Å². The van der Waals surface area contributed by atoms with Crippen LogP contribution in [0, 0.1) is 6.92 Å². The van der Waals surface area contributed by atoms with Crippen molar-refractivity contribution in [2.24, 2.45) is 0 Å². The molecule has 9 heteroatoms. The molecule has 31 heavy (non-hydrogen) atoms. The van der Waals surface area contributed by atoms with Gasteiger partial charge in [-0.05, 0) is 42.7 Å². The Morgan fingerprint density at radius 2 is 2.03 bits per heavy atom. The summed E-state index contributed by atoms with van der Waals surface area (Å²) in [5.74, 6) is -1.94. The van der Waals surface area contributed by atoms with Gasteiger partial charge in [0.15, 0.2) is 0 Å². The molecule has 164 valence electrons. The first-order valence-corrected chi connectivity index (χ1v) is 10.2. The predicted molar refractivity (Wildman–Crippen MR) is 117 cm³/mol. The molecule has 3 heterocycles. The van der Waals surface area contributed by atoms with Crippen LogP contribution in [-0.4, -0.2) is 46.7 Å². The lowest BCUT2D eigenvalue weighted by Crippen LogP contribution is -2.40. The molecule has 3 aromatic rings. The number of hydrogen-bond acceptors (Lipinski definition) is 4. The van der Waals surface area contributed by atoms with Crippen LogP contribution in [-0.2, 0) is 6.42 Å². The topological polar surface area (TPSA) is 93.3 Å². The molecule has 0 aliphatic carbocycles. The van der Waals surface area contributed by atoms with Gasteiger partial charge in [-0.2, -0.15) is 0 Å². The number of aliphatic hydroxyl groups excluding tert-OH is 1. The third kappa shape index (κ3) is 4.77. The average Bonchev–Trinajstić information content (AvgIpc) is 3.11. The third-order valence-corrected chi connectivity index (χ3v) is 5.50. The van der Waals surface area contributed by atoms with Gasteiger partial charge in [0.1, 0.15) is 5.82 Å². The van der Waals surface area contributed by atoms with Crippen molar-refractivity contribution in [3.63, 3.8) is 0 Å². The number of nitrogens with zero attached hydrogens (tertiary/aromatic N) is 2. The van der Waals surface area contributed by atoms with Crippen LogP contribution in [0.2, 0.25) is 0 Å². The summed E-state index contributed by atoms with van der Waals surface area (Å²) < 4.78 is 26.8. The number of hydrogen-bond donors (Lipinski definition) is 4. The van der Waals surface area contributed by atoms with Crippen molar-refractivity contribution >= 4 is 34.1 Å². The van der Waals surface area contributed by atoms with Crippen molar-refractivity contribution in [3.8, 4) is 0 Å². The summed E-state index contributed by atoms with van der Waals surface area (Å²) in [4.78, 5) is 21.9. The van der Waals surface area contributed by atoms with Gasteiger partial charge in [-0.3, -0.25) is 0 Å². The van der Waals surface area contributed by atoms with Crippen LogP contribution < -0.4 is 15.5 Å². The van der Waals surface area contributed by atoms with E-state index < -0.39 is 12.0 Å². The zero-order valence-corrected chi connectivity index (χ0v) is 17.2. The number of anilines is 3. The van der Waals surface area contributed by atoms with Crippen molar-refractivity contribution in [3.05, 3.63) is 47.8 Å². The summed E-state index contributed by atoms with van der Waals surface area (Å²) in [6.07, 6.45) is 3.43.